The fourth-order valence-corrected chi connectivity index (χ4v) is 4.42. The highest BCUT2D eigenvalue weighted by atomic mass is 16.6. The summed E-state index contributed by atoms with van der Waals surface area (Å²) < 4.78 is 0. The summed E-state index contributed by atoms with van der Waals surface area (Å²) in [6.45, 7) is 3.48. The van der Waals surface area contributed by atoms with Crippen LogP contribution in [0.5, 0.6) is 0 Å². The van der Waals surface area contributed by atoms with Gasteiger partial charge in [0.1, 0.15) is 0 Å². The minimum absolute atomic E-state index is 0.0697. The van der Waals surface area contributed by atoms with Crippen LogP contribution < -0.4 is 9.80 Å². The molecule has 0 fully saturated rings. The zero-order valence-corrected chi connectivity index (χ0v) is 17.8. The summed E-state index contributed by atoms with van der Waals surface area (Å²) in [4.78, 5) is 40.4. The number of anilines is 2. The van der Waals surface area contributed by atoms with Gasteiger partial charge < -0.3 is 9.80 Å². The number of hydrogen-bond donors (Lipinski definition) is 0. The first-order valence-electron chi connectivity index (χ1n) is 10.4. The Morgan fingerprint density at radius 2 is 1.69 bits per heavy atom. The van der Waals surface area contributed by atoms with Crippen molar-refractivity contribution < 1.29 is 14.5 Å². The Kier molecular flexibility index (Phi) is 5.73. The Hall–Kier alpha value is -4.00. The van der Waals surface area contributed by atoms with E-state index in [2.05, 4.69) is 0 Å². The number of nitrogens with zero attached hydrogens (tertiary/aromatic N) is 3. The van der Waals surface area contributed by atoms with Gasteiger partial charge in [-0.05, 0) is 43.2 Å². The lowest BCUT2D eigenvalue weighted by atomic mass is 9.89. The minimum Gasteiger partial charge on any atom is -0.309 e. The van der Waals surface area contributed by atoms with Crippen molar-refractivity contribution in [2.75, 3.05) is 9.80 Å². The van der Waals surface area contributed by atoms with Crippen molar-refractivity contribution >= 4 is 28.9 Å². The molecule has 0 aliphatic carbocycles. The SMILES string of the molecule is CC(=O)N1c2ccccc2[C@H](N(C(=O)c2ccccc2)c2cccc([N+](=O)[O-])c2)C[C@@H]1C. The lowest BCUT2D eigenvalue weighted by Gasteiger charge is -2.43. The van der Waals surface area contributed by atoms with E-state index in [0.29, 0.717) is 17.7 Å². The Morgan fingerprint density at radius 3 is 2.38 bits per heavy atom. The third-order valence-electron chi connectivity index (χ3n) is 5.77. The molecule has 7 nitrogen and oxygen atoms in total. The Bertz CT molecular complexity index is 1180. The molecule has 0 spiro atoms. The topological polar surface area (TPSA) is 83.8 Å². The van der Waals surface area contributed by atoms with E-state index in [1.165, 1.54) is 19.1 Å². The monoisotopic (exact) mass is 429 g/mol. The van der Waals surface area contributed by atoms with Crippen LogP contribution in [0.4, 0.5) is 17.1 Å². The highest BCUT2D eigenvalue weighted by molar-refractivity contribution is 6.07. The molecule has 0 unspecified atom stereocenters. The molecule has 1 aliphatic heterocycles. The highest BCUT2D eigenvalue weighted by Gasteiger charge is 2.38. The summed E-state index contributed by atoms with van der Waals surface area (Å²) in [5.74, 6) is -0.325. The molecule has 2 amide bonds. The van der Waals surface area contributed by atoms with Crippen LogP contribution in [0.3, 0.4) is 0 Å². The molecular formula is C25H23N3O4. The molecule has 3 aromatic rings. The molecule has 0 saturated carbocycles. The molecule has 0 N–H and O–H groups in total. The molecule has 7 heteroatoms. The van der Waals surface area contributed by atoms with Crippen molar-refractivity contribution in [2.24, 2.45) is 0 Å². The van der Waals surface area contributed by atoms with Gasteiger partial charge in [-0.3, -0.25) is 19.7 Å². The average Bonchev–Trinajstić information content (AvgIpc) is 2.79. The summed E-state index contributed by atoms with van der Waals surface area (Å²) >= 11 is 0. The van der Waals surface area contributed by atoms with Gasteiger partial charge in [-0.15, -0.1) is 0 Å². The fourth-order valence-electron chi connectivity index (χ4n) is 4.42. The number of hydrogen-bond acceptors (Lipinski definition) is 4. The molecule has 4 rings (SSSR count). The lowest BCUT2D eigenvalue weighted by Crippen LogP contribution is -2.47. The number of nitro benzene ring substituents is 1. The highest BCUT2D eigenvalue weighted by Crippen LogP contribution is 2.43. The number of non-ortho nitro benzene ring substituents is 1. The van der Waals surface area contributed by atoms with Crippen molar-refractivity contribution in [2.45, 2.75) is 32.4 Å². The van der Waals surface area contributed by atoms with Crippen LogP contribution in [0.1, 0.15) is 42.2 Å². The normalized spacial score (nSPS) is 17.4. The van der Waals surface area contributed by atoms with Gasteiger partial charge >= 0.3 is 0 Å². The molecular weight excluding hydrogens is 406 g/mol. The van der Waals surface area contributed by atoms with Crippen LogP contribution in [0.2, 0.25) is 0 Å². The Labute approximate surface area is 186 Å². The minimum atomic E-state index is -0.469. The maximum atomic E-state index is 13.7. The molecule has 1 aliphatic rings. The predicted molar refractivity (Wildman–Crippen MR) is 123 cm³/mol. The lowest BCUT2D eigenvalue weighted by molar-refractivity contribution is -0.384. The number of amides is 2. The molecule has 32 heavy (non-hydrogen) atoms. The molecule has 1 heterocycles. The van der Waals surface area contributed by atoms with E-state index < -0.39 is 11.0 Å². The van der Waals surface area contributed by atoms with Crippen LogP contribution in [-0.2, 0) is 4.79 Å². The van der Waals surface area contributed by atoms with Crippen molar-refractivity contribution in [1.82, 2.24) is 0 Å². The molecule has 162 valence electrons. The van der Waals surface area contributed by atoms with Crippen LogP contribution in [0, 0.1) is 10.1 Å². The number of para-hydroxylation sites is 1. The van der Waals surface area contributed by atoms with Gasteiger partial charge in [0.25, 0.3) is 11.6 Å². The third-order valence-corrected chi connectivity index (χ3v) is 5.77. The molecule has 0 bridgehead atoms. The maximum absolute atomic E-state index is 13.7. The van der Waals surface area contributed by atoms with E-state index in [9.17, 15) is 19.7 Å². The number of rotatable bonds is 4. The van der Waals surface area contributed by atoms with E-state index in [1.807, 2.05) is 37.3 Å². The van der Waals surface area contributed by atoms with Gasteiger partial charge in [0.05, 0.1) is 16.7 Å². The van der Waals surface area contributed by atoms with Crippen molar-refractivity contribution in [3.05, 3.63) is 100 Å². The molecule has 0 radical (unpaired) electrons. The van der Waals surface area contributed by atoms with Gasteiger partial charge in [-0.2, -0.15) is 0 Å². The number of benzene rings is 3. The zero-order chi connectivity index (χ0) is 22.8. The smallest absolute Gasteiger partial charge is 0.271 e. The van der Waals surface area contributed by atoms with Crippen LogP contribution in [0.15, 0.2) is 78.9 Å². The van der Waals surface area contributed by atoms with E-state index >= 15 is 0 Å². The second kappa shape index (κ2) is 8.63. The van der Waals surface area contributed by atoms with E-state index in [1.54, 1.807) is 46.2 Å². The predicted octanol–water partition coefficient (Wildman–Crippen LogP) is 5.13. The number of carbonyl (C=O) groups is 2. The maximum Gasteiger partial charge on any atom is 0.271 e. The summed E-state index contributed by atoms with van der Waals surface area (Å²) in [6, 6.07) is 21.9. The number of fused-ring (bicyclic) bond motifs is 1. The Morgan fingerprint density at radius 1 is 1.00 bits per heavy atom. The largest absolute Gasteiger partial charge is 0.309 e. The average molecular weight is 429 g/mol. The molecule has 2 atom stereocenters. The van der Waals surface area contributed by atoms with Crippen molar-refractivity contribution in [3.63, 3.8) is 0 Å². The molecule has 0 saturated heterocycles. The van der Waals surface area contributed by atoms with Gasteiger partial charge in [0, 0.05) is 36.3 Å². The van der Waals surface area contributed by atoms with Crippen LogP contribution in [0.25, 0.3) is 0 Å². The van der Waals surface area contributed by atoms with Gasteiger partial charge in [0.2, 0.25) is 5.91 Å². The summed E-state index contributed by atoms with van der Waals surface area (Å²) in [5, 5.41) is 11.4. The second-order valence-electron chi connectivity index (χ2n) is 7.87. The summed E-state index contributed by atoms with van der Waals surface area (Å²) in [5.41, 5.74) is 2.42. The van der Waals surface area contributed by atoms with E-state index in [0.717, 1.165) is 11.3 Å². The molecule has 3 aromatic carbocycles. The standard InChI is InChI=1S/C25H23N3O4/c1-17-15-24(22-13-6-7-14-23(22)26(17)18(2)29)27(25(30)19-9-4-3-5-10-19)20-11-8-12-21(16-20)28(31)32/h3-14,16-17,24H,15H2,1-2H3/t17-,24+/m0/s1. The summed E-state index contributed by atoms with van der Waals surface area (Å²) in [7, 11) is 0. The quantitative estimate of drug-likeness (QED) is 0.425. The fraction of sp³-hybridized carbons (Fsp3) is 0.200. The first-order chi connectivity index (χ1) is 15.4. The Balaban J connectivity index is 1.89. The van der Waals surface area contributed by atoms with Crippen molar-refractivity contribution in [3.8, 4) is 0 Å². The molecule has 0 aromatic heterocycles. The first-order valence-corrected chi connectivity index (χ1v) is 10.4. The first kappa shape index (κ1) is 21.2. The van der Waals surface area contributed by atoms with Crippen LogP contribution >= 0.6 is 0 Å². The number of carbonyl (C=O) groups excluding carboxylic acids is 2. The van der Waals surface area contributed by atoms with Crippen LogP contribution in [-0.4, -0.2) is 22.8 Å². The van der Waals surface area contributed by atoms with Gasteiger partial charge in [-0.25, -0.2) is 0 Å². The summed E-state index contributed by atoms with van der Waals surface area (Å²) in [6.07, 6.45) is 0.498. The second-order valence-corrected chi connectivity index (χ2v) is 7.87. The van der Waals surface area contributed by atoms with Crippen molar-refractivity contribution in [1.29, 1.82) is 0 Å². The third kappa shape index (κ3) is 3.85. The van der Waals surface area contributed by atoms with Gasteiger partial charge in [-0.1, -0.05) is 42.5 Å². The van der Waals surface area contributed by atoms with E-state index in [-0.39, 0.29) is 23.5 Å². The number of nitro groups is 1. The zero-order valence-electron chi connectivity index (χ0n) is 17.8. The van der Waals surface area contributed by atoms with Gasteiger partial charge in [0.15, 0.2) is 0 Å². The van der Waals surface area contributed by atoms with E-state index in [4.69, 9.17) is 0 Å².